The third-order valence-corrected chi connectivity index (χ3v) is 4.61. The predicted octanol–water partition coefficient (Wildman–Crippen LogP) is 5.28. The molecule has 0 atom stereocenters. The molecule has 0 bridgehead atoms. The number of anilines is 2. The van der Waals surface area contributed by atoms with Crippen molar-refractivity contribution in [1.82, 2.24) is 4.98 Å². The lowest BCUT2D eigenvalue weighted by molar-refractivity contribution is -0.115. The third-order valence-electron chi connectivity index (χ3n) is 3.77. The summed E-state index contributed by atoms with van der Waals surface area (Å²) in [6.45, 7) is 1.19. The zero-order valence-corrected chi connectivity index (χ0v) is 15.6. The number of carbonyl (C=O) groups is 2. The Balaban J connectivity index is 1.86. The molecule has 1 amide bonds. The number of allylic oxidation sites excluding steroid dienone is 1. The first-order chi connectivity index (χ1) is 13.8. The molecule has 4 nitrogen and oxygen atoms in total. The molecule has 0 saturated carbocycles. The second kappa shape index (κ2) is 8.36. The van der Waals surface area contributed by atoms with Crippen molar-refractivity contribution in [1.29, 1.82) is 0 Å². The highest BCUT2D eigenvalue weighted by Crippen LogP contribution is 2.31. The van der Waals surface area contributed by atoms with E-state index in [-0.39, 0.29) is 22.1 Å². The first-order valence-corrected chi connectivity index (χ1v) is 9.03. The van der Waals surface area contributed by atoms with Crippen LogP contribution < -0.4 is 4.90 Å². The van der Waals surface area contributed by atoms with Gasteiger partial charge >= 0.3 is 0 Å². The molecule has 1 heterocycles. The van der Waals surface area contributed by atoms with E-state index in [0.29, 0.717) is 12.1 Å². The van der Waals surface area contributed by atoms with Crippen molar-refractivity contribution in [3.8, 4) is 0 Å². The highest BCUT2D eigenvalue weighted by Gasteiger charge is 2.21. The SMILES string of the molecule is CC(=O)N(c1nc(/C=C/C(=O)c2ccc(F)cc2F)cs1)c1ccc(F)cc1F. The Labute approximate surface area is 166 Å². The molecule has 148 valence electrons. The first-order valence-electron chi connectivity index (χ1n) is 8.15. The van der Waals surface area contributed by atoms with Crippen LogP contribution in [-0.4, -0.2) is 16.7 Å². The van der Waals surface area contributed by atoms with Crippen molar-refractivity contribution in [2.75, 3.05) is 4.90 Å². The average molecular weight is 420 g/mol. The van der Waals surface area contributed by atoms with Gasteiger partial charge in [0.15, 0.2) is 10.9 Å². The number of ketones is 1. The summed E-state index contributed by atoms with van der Waals surface area (Å²) in [6.07, 6.45) is 2.33. The fraction of sp³-hybridized carbons (Fsp3) is 0.0500. The van der Waals surface area contributed by atoms with E-state index >= 15 is 0 Å². The minimum atomic E-state index is -0.992. The lowest BCUT2D eigenvalue weighted by Crippen LogP contribution is -2.23. The summed E-state index contributed by atoms with van der Waals surface area (Å²) in [7, 11) is 0. The first kappa shape index (κ1) is 20.4. The lowest BCUT2D eigenvalue weighted by Gasteiger charge is -2.18. The van der Waals surface area contributed by atoms with Gasteiger partial charge in [0.1, 0.15) is 23.3 Å². The van der Waals surface area contributed by atoms with Crippen LogP contribution in [0, 0.1) is 23.3 Å². The maximum absolute atomic E-state index is 14.1. The lowest BCUT2D eigenvalue weighted by atomic mass is 10.1. The Hall–Kier alpha value is -3.33. The van der Waals surface area contributed by atoms with Gasteiger partial charge in [-0.3, -0.25) is 14.5 Å². The maximum Gasteiger partial charge on any atom is 0.230 e. The molecule has 3 rings (SSSR count). The average Bonchev–Trinajstić information content (AvgIpc) is 3.10. The highest BCUT2D eigenvalue weighted by atomic mass is 32.1. The fourth-order valence-electron chi connectivity index (χ4n) is 2.47. The Morgan fingerprint density at radius 2 is 1.66 bits per heavy atom. The van der Waals surface area contributed by atoms with E-state index in [2.05, 4.69) is 4.98 Å². The normalized spacial score (nSPS) is 11.1. The summed E-state index contributed by atoms with van der Waals surface area (Å²) in [5.41, 5.74) is -0.222. The van der Waals surface area contributed by atoms with Gasteiger partial charge in [-0.15, -0.1) is 11.3 Å². The molecule has 0 aliphatic carbocycles. The second-order valence-electron chi connectivity index (χ2n) is 5.83. The standard InChI is InChI=1S/C20H12F4N2O2S/c1-11(27)26(18-6-3-13(22)9-17(18)24)20-25-14(10-29-20)4-7-19(28)15-5-2-12(21)8-16(15)23/h2-10H,1H3/b7-4+. The number of amides is 1. The molecule has 0 saturated heterocycles. The summed E-state index contributed by atoms with van der Waals surface area (Å²) in [5.74, 6) is -4.77. The predicted molar refractivity (Wildman–Crippen MR) is 101 cm³/mol. The molecule has 29 heavy (non-hydrogen) atoms. The molecule has 9 heteroatoms. The molecule has 0 N–H and O–H groups in total. The van der Waals surface area contributed by atoms with Crippen molar-refractivity contribution < 1.29 is 27.2 Å². The Morgan fingerprint density at radius 1 is 1.00 bits per heavy atom. The van der Waals surface area contributed by atoms with E-state index in [1.54, 1.807) is 0 Å². The van der Waals surface area contributed by atoms with Crippen molar-refractivity contribution in [2.24, 2.45) is 0 Å². The van der Waals surface area contributed by atoms with Crippen LogP contribution in [0.25, 0.3) is 6.08 Å². The molecule has 0 aliphatic rings. The van der Waals surface area contributed by atoms with Gasteiger partial charge in [-0.25, -0.2) is 22.5 Å². The number of carbonyl (C=O) groups excluding carboxylic acids is 2. The number of hydrogen-bond donors (Lipinski definition) is 0. The Bertz CT molecular complexity index is 1130. The monoisotopic (exact) mass is 420 g/mol. The van der Waals surface area contributed by atoms with Crippen LogP contribution in [-0.2, 0) is 4.79 Å². The minimum absolute atomic E-state index is 0.100. The van der Waals surface area contributed by atoms with Crippen LogP contribution in [0.1, 0.15) is 23.0 Å². The van der Waals surface area contributed by atoms with Gasteiger partial charge in [-0.05, 0) is 36.4 Å². The van der Waals surface area contributed by atoms with E-state index in [0.717, 1.165) is 46.6 Å². The van der Waals surface area contributed by atoms with E-state index in [1.807, 2.05) is 0 Å². The topological polar surface area (TPSA) is 50.3 Å². The highest BCUT2D eigenvalue weighted by molar-refractivity contribution is 7.14. The van der Waals surface area contributed by atoms with Gasteiger partial charge in [-0.1, -0.05) is 0 Å². The van der Waals surface area contributed by atoms with Gasteiger partial charge in [-0.2, -0.15) is 0 Å². The minimum Gasteiger partial charge on any atom is -0.289 e. The van der Waals surface area contributed by atoms with Crippen LogP contribution >= 0.6 is 11.3 Å². The number of aromatic nitrogens is 1. The molecule has 0 fully saturated rings. The zero-order valence-electron chi connectivity index (χ0n) is 14.8. The number of thiazole rings is 1. The molecule has 3 aromatic rings. The van der Waals surface area contributed by atoms with Gasteiger partial charge < -0.3 is 0 Å². The van der Waals surface area contributed by atoms with Crippen molar-refractivity contribution in [3.63, 3.8) is 0 Å². The largest absolute Gasteiger partial charge is 0.289 e. The molecule has 0 spiro atoms. The Kier molecular flexibility index (Phi) is 5.88. The zero-order chi connectivity index (χ0) is 21.1. The van der Waals surface area contributed by atoms with E-state index in [1.165, 1.54) is 18.4 Å². The van der Waals surface area contributed by atoms with E-state index in [9.17, 15) is 27.2 Å². The molecule has 1 aromatic heterocycles. The van der Waals surface area contributed by atoms with Gasteiger partial charge in [0.05, 0.1) is 16.9 Å². The number of halogens is 4. The van der Waals surface area contributed by atoms with Crippen LogP contribution in [0.2, 0.25) is 0 Å². The van der Waals surface area contributed by atoms with Crippen molar-refractivity contribution in [3.05, 3.63) is 82.4 Å². The summed E-state index contributed by atoms with van der Waals surface area (Å²) < 4.78 is 53.8. The van der Waals surface area contributed by atoms with Crippen molar-refractivity contribution >= 4 is 39.9 Å². The molecular weight excluding hydrogens is 408 g/mol. The summed E-state index contributed by atoms with van der Waals surface area (Å²) in [4.78, 5) is 29.2. The van der Waals surface area contributed by atoms with E-state index < -0.39 is 35.0 Å². The van der Waals surface area contributed by atoms with Crippen LogP contribution in [0.15, 0.2) is 47.9 Å². The number of hydrogen-bond acceptors (Lipinski definition) is 4. The Morgan fingerprint density at radius 3 is 2.28 bits per heavy atom. The van der Waals surface area contributed by atoms with Crippen molar-refractivity contribution in [2.45, 2.75) is 6.92 Å². The number of rotatable bonds is 5. The fourth-order valence-corrected chi connectivity index (χ4v) is 3.31. The number of nitrogens with zero attached hydrogens (tertiary/aromatic N) is 2. The molecule has 0 unspecified atom stereocenters. The third kappa shape index (κ3) is 4.57. The van der Waals surface area contributed by atoms with Gasteiger partial charge in [0.25, 0.3) is 0 Å². The molecular formula is C20H12F4N2O2S. The summed E-state index contributed by atoms with van der Waals surface area (Å²) in [5, 5.41) is 1.60. The summed E-state index contributed by atoms with van der Waals surface area (Å²) >= 11 is 0.994. The summed E-state index contributed by atoms with van der Waals surface area (Å²) in [6, 6.07) is 5.37. The molecule has 2 aromatic carbocycles. The van der Waals surface area contributed by atoms with Gasteiger partial charge in [0, 0.05) is 24.4 Å². The smallest absolute Gasteiger partial charge is 0.230 e. The number of benzene rings is 2. The molecule has 0 radical (unpaired) electrons. The van der Waals surface area contributed by atoms with E-state index in [4.69, 9.17) is 0 Å². The second-order valence-corrected chi connectivity index (χ2v) is 6.66. The van der Waals surface area contributed by atoms with Gasteiger partial charge in [0.2, 0.25) is 5.91 Å². The van der Waals surface area contributed by atoms with Crippen LogP contribution in [0.4, 0.5) is 28.4 Å². The quantitative estimate of drug-likeness (QED) is 0.321. The molecule has 0 aliphatic heterocycles. The van der Waals surface area contributed by atoms with Crippen LogP contribution in [0.3, 0.4) is 0 Å². The maximum atomic E-state index is 14.1. The van der Waals surface area contributed by atoms with Crippen LogP contribution in [0.5, 0.6) is 0 Å².